The fourth-order valence-electron chi connectivity index (χ4n) is 3.64. The van der Waals surface area contributed by atoms with E-state index in [9.17, 15) is 8.78 Å². The smallest absolute Gasteiger partial charge is 0.131 e. The maximum absolute atomic E-state index is 13.4. The van der Waals surface area contributed by atoms with Crippen LogP contribution in [0.4, 0.5) is 14.6 Å². The van der Waals surface area contributed by atoms with Crippen LogP contribution in [0, 0.1) is 11.6 Å². The molecule has 0 radical (unpaired) electrons. The molecule has 1 fully saturated rings. The van der Waals surface area contributed by atoms with Gasteiger partial charge in [0.05, 0.1) is 12.3 Å². The molecule has 4 rings (SSSR count). The molecule has 0 aliphatic carbocycles. The molecule has 7 heteroatoms. The average Bonchev–Trinajstić information content (AvgIpc) is 2.79. The van der Waals surface area contributed by atoms with E-state index in [2.05, 4.69) is 14.8 Å². The Labute approximate surface area is 185 Å². The third-order valence-corrected chi connectivity index (χ3v) is 5.53. The highest BCUT2D eigenvalue weighted by Gasteiger charge is 2.18. The summed E-state index contributed by atoms with van der Waals surface area (Å²) < 4.78 is 26.7. The van der Waals surface area contributed by atoms with E-state index < -0.39 is 0 Å². The first-order chi connectivity index (χ1) is 15.1. The van der Waals surface area contributed by atoms with Crippen LogP contribution in [0.25, 0.3) is 0 Å². The quantitative estimate of drug-likeness (QED) is 0.412. The molecule has 3 aromatic rings. The highest BCUT2D eigenvalue weighted by atomic mass is 35.5. The van der Waals surface area contributed by atoms with Crippen LogP contribution in [0.15, 0.2) is 71.7 Å². The summed E-state index contributed by atoms with van der Waals surface area (Å²) in [5.41, 5.74) is 2.36. The van der Waals surface area contributed by atoms with E-state index in [0.717, 1.165) is 55.4 Å². The van der Waals surface area contributed by atoms with Gasteiger partial charge in [-0.15, -0.1) is 0 Å². The fourth-order valence-corrected chi connectivity index (χ4v) is 3.80. The van der Waals surface area contributed by atoms with Gasteiger partial charge in [0, 0.05) is 43.9 Å². The Balaban J connectivity index is 1.40. The normalized spacial score (nSPS) is 14.5. The van der Waals surface area contributed by atoms with Crippen LogP contribution >= 0.6 is 11.6 Å². The van der Waals surface area contributed by atoms with Crippen molar-refractivity contribution in [1.82, 2.24) is 9.88 Å². The first kappa shape index (κ1) is 21.4. The summed E-state index contributed by atoms with van der Waals surface area (Å²) in [6.07, 6.45) is 0. The second kappa shape index (κ2) is 9.98. The minimum Gasteiger partial charge on any atom is -0.354 e. The summed E-state index contributed by atoms with van der Waals surface area (Å²) in [6, 6.07) is 18.1. The number of benzene rings is 2. The van der Waals surface area contributed by atoms with Gasteiger partial charge in [-0.1, -0.05) is 17.7 Å². The summed E-state index contributed by atoms with van der Waals surface area (Å²) in [4.78, 5) is 13.8. The highest BCUT2D eigenvalue weighted by molar-refractivity contribution is 6.29. The lowest BCUT2D eigenvalue weighted by Gasteiger charge is -2.35. The molecule has 0 unspecified atom stereocenters. The molecule has 31 heavy (non-hydrogen) atoms. The second-order valence-corrected chi connectivity index (χ2v) is 7.78. The largest absolute Gasteiger partial charge is 0.354 e. The van der Waals surface area contributed by atoms with Crippen molar-refractivity contribution in [2.75, 3.05) is 44.2 Å². The van der Waals surface area contributed by atoms with Crippen molar-refractivity contribution in [2.45, 2.75) is 0 Å². The lowest BCUT2D eigenvalue weighted by molar-refractivity contribution is 0.264. The summed E-state index contributed by atoms with van der Waals surface area (Å²) >= 11 is 6.00. The molecule has 0 N–H and O–H groups in total. The summed E-state index contributed by atoms with van der Waals surface area (Å²) in [7, 11) is 0. The molecule has 1 aliphatic rings. The first-order valence-corrected chi connectivity index (χ1v) is 10.6. The number of pyridine rings is 1. The molecular formula is C24H23ClF2N4. The van der Waals surface area contributed by atoms with Crippen LogP contribution < -0.4 is 4.90 Å². The lowest BCUT2D eigenvalue weighted by Crippen LogP contribution is -2.47. The van der Waals surface area contributed by atoms with Crippen molar-refractivity contribution < 1.29 is 8.78 Å². The van der Waals surface area contributed by atoms with E-state index in [0.29, 0.717) is 11.7 Å². The zero-order chi connectivity index (χ0) is 21.6. The number of hydrogen-bond acceptors (Lipinski definition) is 4. The minimum atomic E-state index is -0.297. The number of anilines is 1. The van der Waals surface area contributed by atoms with Gasteiger partial charge in [0.15, 0.2) is 0 Å². The van der Waals surface area contributed by atoms with Crippen LogP contribution in [-0.2, 0) is 0 Å². The molecule has 160 valence electrons. The van der Waals surface area contributed by atoms with Crippen molar-refractivity contribution in [2.24, 2.45) is 4.99 Å². The predicted molar refractivity (Wildman–Crippen MR) is 121 cm³/mol. The number of halogens is 3. The maximum atomic E-state index is 13.4. The average molecular weight is 441 g/mol. The number of rotatable bonds is 6. The molecule has 0 spiro atoms. The van der Waals surface area contributed by atoms with Crippen LogP contribution in [0.2, 0.25) is 5.15 Å². The van der Waals surface area contributed by atoms with E-state index >= 15 is 0 Å². The molecule has 0 bridgehead atoms. The summed E-state index contributed by atoms with van der Waals surface area (Å²) in [6.45, 7) is 4.97. The highest BCUT2D eigenvalue weighted by Crippen LogP contribution is 2.17. The van der Waals surface area contributed by atoms with Gasteiger partial charge in [0.2, 0.25) is 0 Å². The van der Waals surface area contributed by atoms with Crippen LogP contribution in [0.3, 0.4) is 0 Å². The van der Waals surface area contributed by atoms with E-state index in [1.54, 1.807) is 30.3 Å². The Bertz CT molecular complexity index is 983. The topological polar surface area (TPSA) is 31.7 Å². The molecule has 2 heterocycles. The zero-order valence-corrected chi connectivity index (χ0v) is 17.8. The summed E-state index contributed by atoms with van der Waals surface area (Å²) in [5.74, 6) is 0.309. The molecule has 1 aliphatic heterocycles. The number of nitrogens with zero attached hydrogens (tertiary/aromatic N) is 4. The molecule has 0 atom stereocenters. The van der Waals surface area contributed by atoms with E-state index in [1.165, 1.54) is 24.3 Å². The maximum Gasteiger partial charge on any atom is 0.131 e. The van der Waals surface area contributed by atoms with Gasteiger partial charge < -0.3 is 4.90 Å². The van der Waals surface area contributed by atoms with Gasteiger partial charge in [-0.2, -0.15) is 0 Å². The zero-order valence-electron chi connectivity index (χ0n) is 17.0. The third kappa shape index (κ3) is 5.66. The van der Waals surface area contributed by atoms with Crippen molar-refractivity contribution in [3.8, 4) is 0 Å². The third-order valence-electron chi connectivity index (χ3n) is 5.32. The number of hydrogen-bond donors (Lipinski definition) is 0. The SMILES string of the molecule is Fc1ccc(C(=NCCN2CCN(c3cccc(Cl)n3)CC2)c2ccc(F)cc2)cc1. The minimum absolute atomic E-state index is 0.297. The van der Waals surface area contributed by atoms with Crippen molar-refractivity contribution >= 4 is 23.1 Å². The van der Waals surface area contributed by atoms with Gasteiger partial charge in [0.1, 0.15) is 22.6 Å². The Kier molecular flexibility index (Phi) is 6.89. The predicted octanol–water partition coefficient (Wildman–Crippen LogP) is 4.67. The lowest BCUT2D eigenvalue weighted by atomic mass is 10.0. The van der Waals surface area contributed by atoms with Crippen LogP contribution in [-0.4, -0.2) is 54.9 Å². The monoisotopic (exact) mass is 440 g/mol. The Hall–Kier alpha value is -2.83. The van der Waals surface area contributed by atoms with Gasteiger partial charge >= 0.3 is 0 Å². The molecule has 1 aromatic heterocycles. The number of aromatic nitrogens is 1. The van der Waals surface area contributed by atoms with Crippen molar-refractivity contribution in [1.29, 1.82) is 0 Å². The van der Waals surface area contributed by atoms with E-state index in [4.69, 9.17) is 16.6 Å². The Morgan fingerprint density at radius 1 is 0.839 bits per heavy atom. The van der Waals surface area contributed by atoms with Crippen LogP contribution in [0.5, 0.6) is 0 Å². The molecule has 0 amide bonds. The van der Waals surface area contributed by atoms with Gasteiger partial charge in [-0.25, -0.2) is 13.8 Å². The van der Waals surface area contributed by atoms with Crippen molar-refractivity contribution in [3.05, 3.63) is 94.6 Å². The van der Waals surface area contributed by atoms with Crippen LogP contribution in [0.1, 0.15) is 11.1 Å². The Morgan fingerprint density at radius 3 is 1.97 bits per heavy atom. The molecule has 0 saturated carbocycles. The van der Waals surface area contributed by atoms with Gasteiger partial charge in [-0.3, -0.25) is 9.89 Å². The standard InChI is InChI=1S/C24H23ClF2N4/c25-22-2-1-3-23(29-22)31-16-14-30(15-17-31)13-12-28-24(18-4-8-20(26)9-5-18)19-6-10-21(27)11-7-19/h1-11H,12-17H2. The molecular weight excluding hydrogens is 418 g/mol. The summed E-state index contributed by atoms with van der Waals surface area (Å²) in [5, 5.41) is 0.503. The first-order valence-electron chi connectivity index (χ1n) is 10.2. The molecule has 1 saturated heterocycles. The number of aliphatic imine (C=N–C) groups is 1. The van der Waals surface area contributed by atoms with Gasteiger partial charge in [0.25, 0.3) is 0 Å². The van der Waals surface area contributed by atoms with Gasteiger partial charge in [-0.05, 0) is 60.7 Å². The van der Waals surface area contributed by atoms with E-state index in [1.807, 2.05) is 12.1 Å². The number of piperazine rings is 1. The molecule has 2 aromatic carbocycles. The van der Waals surface area contributed by atoms with Crippen molar-refractivity contribution in [3.63, 3.8) is 0 Å². The fraction of sp³-hybridized carbons (Fsp3) is 0.250. The Morgan fingerprint density at radius 2 is 1.42 bits per heavy atom. The second-order valence-electron chi connectivity index (χ2n) is 7.39. The molecule has 4 nitrogen and oxygen atoms in total. The van der Waals surface area contributed by atoms with E-state index in [-0.39, 0.29) is 11.6 Å².